The maximum Gasteiger partial charge on any atom is 0.250 e. The molecule has 3 aromatic rings. The molecule has 1 aromatic heterocycles. The lowest BCUT2D eigenvalue weighted by molar-refractivity contribution is 0.0421. The van der Waals surface area contributed by atoms with Gasteiger partial charge in [0.1, 0.15) is 0 Å². The Hall–Kier alpha value is -2.43. The molecule has 204 valence electrons. The Morgan fingerprint density at radius 3 is 2.56 bits per heavy atom. The molecule has 5 heterocycles. The Morgan fingerprint density at radius 2 is 1.69 bits per heavy atom. The van der Waals surface area contributed by atoms with Gasteiger partial charge in [-0.05, 0) is 49.6 Å². The zero-order valence-corrected chi connectivity index (χ0v) is 23.6. The molecule has 4 aliphatic heterocycles. The van der Waals surface area contributed by atoms with E-state index in [4.69, 9.17) is 9.47 Å². The van der Waals surface area contributed by atoms with E-state index >= 15 is 0 Å². The number of ether oxygens (including phenoxy) is 2. The molecule has 0 saturated carbocycles. The van der Waals surface area contributed by atoms with Gasteiger partial charge in [0.2, 0.25) is 5.56 Å². The summed E-state index contributed by atoms with van der Waals surface area (Å²) in [6.07, 6.45) is 3.50. The lowest BCUT2D eigenvalue weighted by Crippen LogP contribution is -2.39. The Kier molecular flexibility index (Phi) is 7.34. The highest BCUT2D eigenvalue weighted by atomic mass is 32.2. The van der Waals surface area contributed by atoms with Gasteiger partial charge in [-0.2, -0.15) is 0 Å². The van der Waals surface area contributed by atoms with Crippen LogP contribution in [0.4, 0.5) is 11.4 Å². The number of H-pyrrole nitrogens is 1. The van der Waals surface area contributed by atoms with Gasteiger partial charge in [0.15, 0.2) is 0 Å². The molecule has 3 fully saturated rings. The number of nitrogens with one attached hydrogen (secondary N) is 2. The van der Waals surface area contributed by atoms with Crippen molar-refractivity contribution in [1.82, 2.24) is 9.88 Å². The zero-order valence-electron chi connectivity index (χ0n) is 22.0. The lowest BCUT2D eigenvalue weighted by Gasteiger charge is -2.31. The number of benzene rings is 2. The Labute approximate surface area is 237 Å². The van der Waals surface area contributed by atoms with E-state index < -0.39 is 0 Å². The van der Waals surface area contributed by atoms with Crippen LogP contribution in [-0.2, 0) is 9.47 Å². The number of hydrogen-bond acceptors (Lipinski definition) is 8. The van der Waals surface area contributed by atoms with Crippen LogP contribution in [0.5, 0.6) is 0 Å². The number of aromatic nitrogens is 1. The summed E-state index contributed by atoms with van der Waals surface area (Å²) in [6.45, 7) is 7.07. The van der Waals surface area contributed by atoms with Crippen molar-refractivity contribution in [2.75, 3.05) is 62.8 Å². The average molecular weight is 563 g/mol. The van der Waals surface area contributed by atoms with Gasteiger partial charge in [0.05, 0.1) is 18.9 Å². The number of morpholine rings is 1. The van der Waals surface area contributed by atoms with E-state index in [-0.39, 0.29) is 5.56 Å². The van der Waals surface area contributed by atoms with Crippen LogP contribution in [0.15, 0.2) is 72.9 Å². The Balaban J connectivity index is 1.09. The minimum absolute atomic E-state index is 0.0709. The van der Waals surface area contributed by atoms with Crippen LogP contribution in [0.1, 0.15) is 19.3 Å². The van der Waals surface area contributed by atoms with Gasteiger partial charge in [-0.25, -0.2) is 0 Å². The van der Waals surface area contributed by atoms with E-state index in [2.05, 4.69) is 62.6 Å². The van der Waals surface area contributed by atoms with E-state index in [9.17, 15) is 4.79 Å². The second kappa shape index (κ2) is 11.2. The van der Waals surface area contributed by atoms with Crippen LogP contribution >= 0.6 is 23.5 Å². The molecule has 7 rings (SSSR count). The predicted octanol–water partition coefficient (Wildman–Crippen LogP) is 5.16. The first-order valence-corrected chi connectivity index (χ1v) is 15.6. The Morgan fingerprint density at radius 1 is 0.846 bits per heavy atom. The van der Waals surface area contributed by atoms with Gasteiger partial charge >= 0.3 is 0 Å². The highest BCUT2D eigenvalue weighted by Gasteiger charge is 2.30. The van der Waals surface area contributed by atoms with Crippen LogP contribution in [-0.4, -0.2) is 74.6 Å². The molecule has 0 amide bonds. The third-order valence-corrected chi connectivity index (χ3v) is 10.7. The molecule has 2 aromatic carbocycles. The van der Waals surface area contributed by atoms with Crippen molar-refractivity contribution < 1.29 is 9.47 Å². The molecule has 3 saturated heterocycles. The summed E-state index contributed by atoms with van der Waals surface area (Å²) in [5.41, 5.74) is 4.03. The number of hydrogen-bond donors (Lipinski definition) is 2. The number of nitrogens with zero attached hydrogens (tertiary/aromatic N) is 2. The SMILES string of the molecule is O=c1cc(N2CCOCC2)cc(-c2cccc3c2Sc2ccc(NC4CCN(C5CCOCC5)C4)cc2S3)[nH]1. The first-order chi connectivity index (χ1) is 19.2. The number of rotatable bonds is 5. The molecule has 4 aliphatic rings. The molecule has 9 heteroatoms. The lowest BCUT2D eigenvalue weighted by atomic mass is 10.1. The summed E-state index contributed by atoms with van der Waals surface area (Å²) >= 11 is 3.62. The van der Waals surface area contributed by atoms with Crippen LogP contribution in [0.25, 0.3) is 11.3 Å². The van der Waals surface area contributed by atoms with E-state index in [1.807, 2.05) is 11.8 Å². The van der Waals surface area contributed by atoms with Gasteiger partial charge in [-0.15, -0.1) is 0 Å². The largest absolute Gasteiger partial charge is 0.381 e. The highest BCUT2D eigenvalue weighted by Crippen LogP contribution is 2.52. The third-order valence-electron chi connectivity index (χ3n) is 8.15. The Bertz CT molecular complexity index is 1400. The van der Waals surface area contributed by atoms with Crippen molar-refractivity contribution in [3.05, 3.63) is 58.9 Å². The summed E-state index contributed by atoms with van der Waals surface area (Å²) in [5, 5.41) is 3.82. The maximum absolute atomic E-state index is 12.6. The van der Waals surface area contributed by atoms with Crippen LogP contribution < -0.4 is 15.8 Å². The first-order valence-electron chi connectivity index (χ1n) is 14.0. The molecule has 0 radical (unpaired) electrons. The molecule has 1 atom stereocenters. The van der Waals surface area contributed by atoms with Crippen molar-refractivity contribution in [3.8, 4) is 11.3 Å². The number of aromatic amines is 1. The minimum Gasteiger partial charge on any atom is -0.381 e. The predicted molar refractivity (Wildman–Crippen MR) is 158 cm³/mol. The molecule has 0 spiro atoms. The number of likely N-dealkylation sites (tertiary alicyclic amines) is 1. The summed E-state index contributed by atoms with van der Waals surface area (Å²) in [7, 11) is 0. The van der Waals surface area contributed by atoms with Gasteiger partial charge in [0, 0.05) is 94.1 Å². The van der Waals surface area contributed by atoms with E-state index in [1.165, 1.54) is 38.2 Å². The minimum atomic E-state index is -0.0709. The standard InChI is InChI=1S/C30H34N4O3S2/c35-29-18-23(33-10-14-37-15-11-33)17-25(32-29)24-2-1-3-27-30(24)39-26-5-4-20(16-28(26)38-27)31-21-6-9-34(19-21)22-7-12-36-13-8-22/h1-5,16-18,21-22,31H,6-15,19H2,(H,32,35). The molecule has 39 heavy (non-hydrogen) atoms. The normalized spacial score (nSPS) is 21.9. The van der Waals surface area contributed by atoms with Gasteiger partial charge in [0.25, 0.3) is 0 Å². The summed E-state index contributed by atoms with van der Waals surface area (Å²) in [4.78, 5) is 25.6. The van der Waals surface area contributed by atoms with E-state index in [0.29, 0.717) is 25.3 Å². The second-order valence-corrected chi connectivity index (χ2v) is 12.8. The topological polar surface area (TPSA) is 69.8 Å². The molecule has 7 nitrogen and oxygen atoms in total. The average Bonchev–Trinajstić information content (AvgIpc) is 3.45. The van der Waals surface area contributed by atoms with Gasteiger partial charge < -0.3 is 24.7 Å². The summed E-state index contributed by atoms with van der Waals surface area (Å²) in [6, 6.07) is 18.1. The van der Waals surface area contributed by atoms with Crippen LogP contribution in [0, 0.1) is 0 Å². The number of anilines is 2. The fourth-order valence-electron chi connectivity index (χ4n) is 6.10. The van der Waals surface area contributed by atoms with Crippen molar-refractivity contribution in [3.63, 3.8) is 0 Å². The molecule has 0 bridgehead atoms. The number of fused-ring (bicyclic) bond motifs is 2. The quantitative estimate of drug-likeness (QED) is 0.346. The molecule has 1 unspecified atom stereocenters. The molecule has 2 N–H and O–H groups in total. The van der Waals surface area contributed by atoms with E-state index in [1.54, 1.807) is 17.8 Å². The molecular formula is C30H34N4O3S2. The van der Waals surface area contributed by atoms with Crippen LogP contribution in [0.2, 0.25) is 0 Å². The fraction of sp³-hybridized carbons (Fsp3) is 0.433. The molecular weight excluding hydrogens is 528 g/mol. The van der Waals surface area contributed by atoms with Crippen molar-refractivity contribution >= 4 is 34.9 Å². The number of pyridine rings is 1. The monoisotopic (exact) mass is 562 g/mol. The maximum atomic E-state index is 12.6. The fourth-order valence-corrected chi connectivity index (χ4v) is 8.52. The molecule has 0 aliphatic carbocycles. The van der Waals surface area contributed by atoms with Gasteiger partial charge in [-0.3, -0.25) is 9.69 Å². The smallest absolute Gasteiger partial charge is 0.250 e. The van der Waals surface area contributed by atoms with Crippen molar-refractivity contribution in [2.45, 2.75) is 50.9 Å². The van der Waals surface area contributed by atoms with Crippen molar-refractivity contribution in [1.29, 1.82) is 0 Å². The summed E-state index contributed by atoms with van der Waals surface area (Å²) in [5.74, 6) is 0. The van der Waals surface area contributed by atoms with E-state index in [0.717, 1.165) is 62.6 Å². The first kappa shape index (κ1) is 25.5. The van der Waals surface area contributed by atoms with Crippen LogP contribution in [0.3, 0.4) is 0 Å². The van der Waals surface area contributed by atoms with Gasteiger partial charge in [-0.1, -0.05) is 35.7 Å². The van der Waals surface area contributed by atoms with Crippen molar-refractivity contribution in [2.24, 2.45) is 0 Å². The zero-order chi connectivity index (χ0) is 26.2. The summed E-state index contributed by atoms with van der Waals surface area (Å²) < 4.78 is 11.1. The highest BCUT2D eigenvalue weighted by molar-refractivity contribution is 8.05. The third kappa shape index (κ3) is 5.47. The second-order valence-electron chi connectivity index (χ2n) is 10.7.